The van der Waals surface area contributed by atoms with Crippen LogP contribution in [0.5, 0.6) is 0 Å². The van der Waals surface area contributed by atoms with Gasteiger partial charge in [-0.25, -0.2) is 0 Å². The minimum absolute atomic E-state index is 0.215. The normalized spacial score (nSPS) is 10.5. The lowest BCUT2D eigenvalue weighted by atomic mass is 10.1. The third kappa shape index (κ3) is 4.41. The van der Waals surface area contributed by atoms with Crippen LogP contribution in [-0.2, 0) is 9.53 Å². The molecule has 1 aromatic rings. The average molecular weight is 253 g/mol. The van der Waals surface area contributed by atoms with Crippen molar-refractivity contribution < 1.29 is 14.3 Å². The van der Waals surface area contributed by atoms with Crippen molar-refractivity contribution in [1.29, 1.82) is 0 Å². The van der Waals surface area contributed by atoms with Crippen LogP contribution in [0.4, 0.5) is 0 Å². The first-order valence-corrected chi connectivity index (χ1v) is 5.62. The van der Waals surface area contributed by atoms with Crippen LogP contribution in [0.1, 0.15) is 29.3 Å². The third-order valence-electron chi connectivity index (χ3n) is 2.05. The molecular formula is C13H13ClO3. The number of hydrogen-bond acceptors (Lipinski definition) is 3. The Bertz CT molecular complexity index is 438. The van der Waals surface area contributed by atoms with E-state index in [9.17, 15) is 9.59 Å². The second-order valence-electron chi connectivity index (χ2n) is 3.31. The van der Waals surface area contributed by atoms with Gasteiger partial charge in [-0.05, 0) is 24.6 Å². The number of ether oxygens (including phenoxy) is 1. The number of carbonyl (C=O) groups is 2. The SMILES string of the molecule is CCOC(=O)CC=Cc1ccc(Cl)c(C=O)c1. The van der Waals surface area contributed by atoms with E-state index in [0.717, 1.165) is 5.56 Å². The van der Waals surface area contributed by atoms with E-state index < -0.39 is 0 Å². The monoisotopic (exact) mass is 252 g/mol. The molecule has 0 saturated carbocycles. The van der Waals surface area contributed by atoms with E-state index in [1.807, 2.05) is 0 Å². The molecule has 4 heteroatoms. The lowest BCUT2D eigenvalue weighted by Crippen LogP contribution is -2.01. The van der Waals surface area contributed by atoms with E-state index in [1.54, 1.807) is 37.3 Å². The quantitative estimate of drug-likeness (QED) is 0.597. The molecule has 0 radical (unpaired) electrons. The minimum Gasteiger partial charge on any atom is -0.466 e. The van der Waals surface area contributed by atoms with Gasteiger partial charge in [-0.3, -0.25) is 9.59 Å². The number of carbonyl (C=O) groups excluding carboxylic acids is 2. The molecule has 0 aliphatic rings. The average Bonchev–Trinajstić information content (AvgIpc) is 2.31. The highest BCUT2D eigenvalue weighted by molar-refractivity contribution is 6.33. The maximum atomic E-state index is 11.1. The van der Waals surface area contributed by atoms with E-state index in [0.29, 0.717) is 23.5 Å². The van der Waals surface area contributed by atoms with Crippen molar-refractivity contribution in [2.75, 3.05) is 6.61 Å². The van der Waals surface area contributed by atoms with Crippen molar-refractivity contribution in [2.24, 2.45) is 0 Å². The Kier molecular flexibility index (Phi) is 5.43. The fourth-order valence-corrected chi connectivity index (χ4v) is 1.43. The van der Waals surface area contributed by atoms with Crippen molar-refractivity contribution >= 4 is 29.9 Å². The molecule has 0 spiro atoms. The lowest BCUT2D eigenvalue weighted by Gasteiger charge is -1.99. The summed E-state index contributed by atoms with van der Waals surface area (Å²) in [4.78, 5) is 21.7. The van der Waals surface area contributed by atoms with Crippen LogP contribution in [0.25, 0.3) is 6.08 Å². The predicted octanol–water partition coefficient (Wildman–Crippen LogP) is 3.12. The van der Waals surface area contributed by atoms with Crippen molar-refractivity contribution in [3.05, 3.63) is 40.4 Å². The molecule has 0 N–H and O–H groups in total. The Morgan fingerprint density at radius 3 is 2.88 bits per heavy atom. The van der Waals surface area contributed by atoms with Gasteiger partial charge in [0.1, 0.15) is 0 Å². The van der Waals surface area contributed by atoms with Crippen LogP contribution in [0.3, 0.4) is 0 Å². The summed E-state index contributed by atoms with van der Waals surface area (Å²) in [5.41, 5.74) is 1.26. The molecular weight excluding hydrogens is 240 g/mol. The number of hydrogen-bond donors (Lipinski definition) is 0. The van der Waals surface area contributed by atoms with Crippen molar-refractivity contribution in [3.63, 3.8) is 0 Å². The summed E-state index contributed by atoms with van der Waals surface area (Å²) in [6.45, 7) is 2.14. The molecule has 90 valence electrons. The highest BCUT2D eigenvalue weighted by Crippen LogP contribution is 2.16. The van der Waals surface area contributed by atoms with Crippen molar-refractivity contribution in [1.82, 2.24) is 0 Å². The topological polar surface area (TPSA) is 43.4 Å². The smallest absolute Gasteiger partial charge is 0.309 e. The summed E-state index contributed by atoms with van der Waals surface area (Å²) in [5.74, 6) is -0.270. The van der Waals surface area contributed by atoms with E-state index in [-0.39, 0.29) is 12.4 Å². The first kappa shape index (κ1) is 13.5. The van der Waals surface area contributed by atoms with Crippen molar-refractivity contribution in [2.45, 2.75) is 13.3 Å². The number of aldehydes is 1. The second-order valence-corrected chi connectivity index (χ2v) is 3.72. The van der Waals surface area contributed by atoms with Crippen LogP contribution < -0.4 is 0 Å². The van der Waals surface area contributed by atoms with E-state index in [4.69, 9.17) is 16.3 Å². The number of benzene rings is 1. The summed E-state index contributed by atoms with van der Waals surface area (Å²) >= 11 is 5.79. The maximum Gasteiger partial charge on any atom is 0.309 e. The van der Waals surface area contributed by atoms with Crippen LogP contribution in [0, 0.1) is 0 Å². The summed E-state index contributed by atoms with van der Waals surface area (Å²) in [6.07, 6.45) is 4.36. The minimum atomic E-state index is -0.270. The number of halogens is 1. The molecule has 0 bridgehead atoms. The van der Waals surface area contributed by atoms with Gasteiger partial charge < -0.3 is 4.74 Å². The number of esters is 1. The van der Waals surface area contributed by atoms with Gasteiger partial charge in [-0.15, -0.1) is 0 Å². The molecule has 1 rings (SSSR count). The molecule has 0 unspecified atom stereocenters. The molecule has 0 aromatic heterocycles. The highest BCUT2D eigenvalue weighted by Gasteiger charge is 2.00. The van der Waals surface area contributed by atoms with Crippen molar-refractivity contribution in [3.8, 4) is 0 Å². The summed E-state index contributed by atoms with van der Waals surface area (Å²) < 4.78 is 4.78. The molecule has 0 atom stereocenters. The van der Waals surface area contributed by atoms with Gasteiger partial charge in [0, 0.05) is 5.56 Å². The predicted molar refractivity (Wildman–Crippen MR) is 67.1 cm³/mol. The fourth-order valence-electron chi connectivity index (χ4n) is 1.27. The van der Waals surface area contributed by atoms with Gasteiger partial charge >= 0.3 is 5.97 Å². The van der Waals surface area contributed by atoms with Gasteiger partial charge in [-0.2, -0.15) is 0 Å². The van der Waals surface area contributed by atoms with E-state index in [2.05, 4.69) is 0 Å². The Morgan fingerprint density at radius 2 is 2.24 bits per heavy atom. The molecule has 0 aliphatic heterocycles. The molecule has 0 amide bonds. The van der Waals surface area contributed by atoms with Gasteiger partial charge in [0.25, 0.3) is 0 Å². The molecule has 0 fully saturated rings. The van der Waals surface area contributed by atoms with Crippen LogP contribution >= 0.6 is 11.6 Å². The largest absolute Gasteiger partial charge is 0.466 e. The molecule has 1 aromatic carbocycles. The molecule has 0 heterocycles. The van der Waals surface area contributed by atoms with Gasteiger partial charge in [-0.1, -0.05) is 29.8 Å². The van der Waals surface area contributed by atoms with Crippen LogP contribution in [0.15, 0.2) is 24.3 Å². The Balaban J connectivity index is 2.65. The molecule has 0 saturated heterocycles. The second kappa shape index (κ2) is 6.86. The molecule has 0 aliphatic carbocycles. The maximum absolute atomic E-state index is 11.1. The molecule has 3 nitrogen and oxygen atoms in total. The highest BCUT2D eigenvalue weighted by atomic mass is 35.5. The van der Waals surface area contributed by atoms with E-state index >= 15 is 0 Å². The van der Waals surface area contributed by atoms with Gasteiger partial charge in [0.15, 0.2) is 6.29 Å². The zero-order valence-corrected chi connectivity index (χ0v) is 10.2. The van der Waals surface area contributed by atoms with Gasteiger partial charge in [0.2, 0.25) is 0 Å². The first-order chi connectivity index (χ1) is 8.17. The van der Waals surface area contributed by atoms with Gasteiger partial charge in [0.05, 0.1) is 18.1 Å². The number of rotatable bonds is 5. The third-order valence-corrected chi connectivity index (χ3v) is 2.39. The summed E-state index contributed by atoms with van der Waals surface area (Å²) in [6, 6.07) is 5.09. The summed E-state index contributed by atoms with van der Waals surface area (Å²) in [7, 11) is 0. The molecule has 17 heavy (non-hydrogen) atoms. The Hall–Kier alpha value is -1.61. The fraction of sp³-hybridized carbons (Fsp3) is 0.231. The first-order valence-electron chi connectivity index (χ1n) is 5.24. The van der Waals surface area contributed by atoms with Crippen LogP contribution in [0.2, 0.25) is 5.02 Å². The Labute approximate surface area is 105 Å². The van der Waals surface area contributed by atoms with E-state index in [1.165, 1.54) is 0 Å². The summed E-state index contributed by atoms with van der Waals surface area (Å²) in [5, 5.41) is 0.419. The standard InChI is InChI=1S/C13H13ClO3/c1-2-17-13(16)5-3-4-10-6-7-12(14)11(8-10)9-15/h3-4,6-9H,2,5H2,1H3. The zero-order chi connectivity index (χ0) is 12.7. The Morgan fingerprint density at radius 1 is 1.47 bits per heavy atom. The zero-order valence-electron chi connectivity index (χ0n) is 9.48. The van der Waals surface area contributed by atoms with Crippen LogP contribution in [-0.4, -0.2) is 18.9 Å². The lowest BCUT2D eigenvalue weighted by molar-refractivity contribution is -0.142.